The number of hydrogen-bond donors (Lipinski definition) is 1. The van der Waals surface area contributed by atoms with Crippen LogP contribution in [0.25, 0.3) is 0 Å². The summed E-state index contributed by atoms with van der Waals surface area (Å²) in [5.74, 6) is -1.25. The lowest BCUT2D eigenvalue weighted by molar-refractivity contribution is -0.140. The molecule has 0 aliphatic heterocycles. The maximum absolute atomic E-state index is 12.3. The van der Waals surface area contributed by atoms with Crippen molar-refractivity contribution in [2.45, 2.75) is 40.0 Å². The Hall–Kier alpha value is -2.22. The second-order valence-corrected chi connectivity index (χ2v) is 6.01. The molecular formula is C15H18N2O5S. The number of ether oxygens (including phenoxy) is 1. The van der Waals surface area contributed by atoms with Gasteiger partial charge in [0.05, 0.1) is 22.8 Å². The molecule has 0 bridgehead atoms. The number of thiophene rings is 1. The van der Waals surface area contributed by atoms with E-state index in [1.807, 2.05) is 0 Å². The minimum Gasteiger partial charge on any atom is -0.462 e. The second-order valence-electron chi connectivity index (χ2n) is 4.99. The molecule has 0 radical (unpaired) electrons. The summed E-state index contributed by atoms with van der Waals surface area (Å²) in [6, 6.07) is 0. The van der Waals surface area contributed by atoms with E-state index in [4.69, 9.17) is 9.57 Å². The molecule has 1 aliphatic rings. The van der Waals surface area contributed by atoms with E-state index in [2.05, 4.69) is 10.5 Å². The number of rotatable bonds is 4. The number of esters is 1. The van der Waals surface area contributed by atoms with Crippen molar-refractivity contribution >= 4 is 39.9 Å². The summed E-state index contributed by atoms with van der Waals surface area (Å²) < 4.78 is 5.10. The van der Waals surface area contributed by atoms with Crippen molar-refractivity contribution in [1.82, 2.24) is 0 Å². The highest BCUT2D eigenvalue weighted by atomic mass is 32.1. The van der Waals surface area contributed by atoms with Crippen LogP contribution in [0.4, 0.5) is 5.00 Å². The summed E-state index contributed by atoms with van der Waals surface area (Å²) in [6.07, 6.45) is 2.09. The van der Waals surface area contributed by atoms with Crippen LogP contribution in [0.15, 0.2) is 5.16 Å². The van der Waals surface area contributed by atoms with Gasteiger partial charge in [-0.1, -0.05) is 5.16 Å². The SMILES string of the molecule is CCOC(=O)c1c(NC(C)=O)sc2c1CCC/C2=N/OC(C)=O. The molecule has 1 heterocycles. The number of oxime groups is 1. The zero-order chi connectivity index (χ0) is 17.0. The number of hydrogen-bond acceptors (Lipinski definition) is 7. The Kier molecular flexibility index (Phi) is 5.49. The lowest BCUT2D eigenvalue weighted by Crippen LogP contribution is -2.15. The monoisotopic (exact) mass is 338 g/mol. The van der Waals surface area contributed by atoms with E-state index in [9.17, 15) is 14.4 Å². The van der Waals surface area contributed by atoms with Crippen LogP contribution >= 0.6 is 11.3 Å². The standard InChI is InChI=1S/C15H18N2O5S/c1-4-21-15(20)12-10-6-5-7-11(17-22-9(3)19)13(10)23-14(12)16-8(2)18/h4-7H2,1-3H3,(H,16,18)/b17-11-. The first-order chi connectivity index (χ1) is 10.9. The molecule has 1 aromatic rings. The first-order valence-electron chi connectivity index (χ1n) is 7.29. The molecule has 2 rings (SSSR count). The first-order valence-corrected chi connectivity index (χ1v) is 8.10. The minimum absolute atomic E-state index is 0.247. The van der Waals surface area contributed by atoms with Gasteiger partial charge in [0.2, 0.25) is 5.91 Å². The molecule has 1 N–H and O–H groups in total. The minimum atomic E-state index is -0.506. The number of anilines is 1. The number of carbonyl (C=O) groups is 3. The highest BCUT2D eigenvalue weighted by Crippen LogP contribution is 2.39. The van der Waals surface area contributed by atoms with E-state index in [0.717, 1.165) is 16.9 Å². The molecule has 124 valence electrons. The topological polar surface area (TPSA) is 94.1 Å². The fraction of sp³-hybridized carbons (Fsp3) is 0.467. The molecule has 0 aromatic carbocycles. The van der Waals surface area contributed by atoms with Crippen molar-refractivity contribution in [1.29, 1.82) is 0 Å². The molecule has 1 aromatic heterocycles. The largest absolute Gasteiger partial charge is 0.462 e. The van der Waals surface area contributed by atoms with Crippen molar-refractivity contribution in [2.75, 3.05) is 11.9 Å². The second kappa shape index (κ2) is 7.36. The third kappa shape index (κ3) is 3.95. The molecule has 8 heteroatoms. The van der Waals surface area contributed by atoms with Gasteiger partial charge < -0.3 is 14.9 Å². The molecule has 0 spiro atoms. The number of nitrogens with zero attached hydrogens (tertiary/aromatic N) is 1. The van der Waals surface area contributed by atoms with Crippen molar-refractivity contribution < 1.29 is 24.0 Å². The third-order valence-corrected chi connectivity index (χ3v) is 4.36. The Morgan fingerprint density at radius 1 is 1.26 bits per heavy atom. The lowest BCUT2D eigenvalue weighted by atomic mass is 9.94. The first kappa shape index (κ1) is 17.1. The predicted molar refractivity (Wildman–Crippen MR) is 85.8 cm³/mol. The van der Waals surface area contributed by atoms with Gasteiger partial charge in [-0.05, 0) is 31.7 Å². The van der Waals surface area contributed by atoms with Crippen molar-refractivity contribution in [3.8, 4) is 0 Å². The van der Waals surface area contributed by atoms with Crippen molar-refractivity contribution in [3.63, 3.8) is 0 Å². The summed E-state index contributed by atoms with van der Waals surface area (Å²) in [7, 11) is 0. The van der Waals surface area contributed by atoms with Gasteiger partial charge >= 0.3 is 11.9 Å². The van der Waals surface area contributed by atoms with E-state index in [1.54, 1.807) is 6.92 Å². The smallest absolute Gasteiger partial charge is 0.341 e. The van der Waals surface area contributed by atoms with Gasteiger partial charge in [0.15, 0.2) is 0 Å². The zero-order valence-electron chi connectivity index (χ0n) is 13.2. The summed E-state index contributed by atoms with van der Waals surface area (Å²) in [5, 5.41) is 6.99. The zero-order valence-corrected chi connectivity index (χ0v) is 14.0. The molecule has 0 saturated carbocycles. The summed E-state index contributed by atoms with van der Waals surface area (Å²) in [5.41, 5.74) is 1.76. The number of nitrogens with one attached hydrogen (secondary N) is 1. The Bertz CT molecular complexity index is 678. The molecule has 0 fully saturated rings. The highest BCUT2D eigenvalue weighted by Gasteiger charge is 2.30. The molecule has 1 aliphatic carbocycles. The summed E-state index contributed by atoms with van der Waals surface area (Å²) in [4.78, 5) is 40.1. The van der Waals surface area contributed by atoms with E-state index < -0.39 is 11.9 Å². The number of carbonyl (C=O) groups excluding carboxylic acids is 3. The van der Waals surface area contributed by atoms with Crippen LogP contribution < -0.4 is 5.32 Å². The maximum Gasteiger partial charge on any atom is 0.341 e. The van der Waals surface area contributed by atoms with Crippen LogP contribution in [-0.2, 0) is 25.6 Å². The van der Waals surface area contributed by atoms with Gasteiger partial charge in [-0.15, -0.1) is 11.3 Å². The Labute approximate surface area is 137 Å². The average Bonchev–Trinajstić information content (AvgIpc) is 2.82. The molecule has 7 nitrogen and oxygen atoms in total. The molecule has 23 heavy (non-hydrogen) atoms. The fourth-order valence-electron chi connectivity index (χ4n) is 2.36. The van der Waals surface area contributed by atoms with Gasteiger partial charge in [0.1, 0.15) is 5.00 Å². The van der Waals surface area contributed by atoms with Crippen LogP contribution in [0.1, 0.15) is 54.4 Å². The van der Waals surface area contributed by atoms with Crippen LogP contribution in [-0.4, -0.2) is 30.2 Å². The van der Waals surface area contributed by atoms with Gasteiger partial charge in [0, 0.05) is 13.8 Å². The van der Waals surface area contributed by atoms with Gasteiger partial charge in [-0.25, -0.2) is 9.59 Å². The molecule has 1 amide bonds. The maximum atomic E-state index is 12.3. The van der Waals surface area contributed by atoms with E-state index in [0.29, 0.717) is 29.1 Å². The number of fused-ring (bicyclic) bond motifs is 1. The van der Waals surface area contributed by atoms with Crippen LogP contribution in [0.5, 0.6) is 0 Å². The van der Waals surface area contributed by atoms with E-state index in [-0.39, 0.29) is 12.5 Å². The van der Waals surface area contributed by atoms with Crippen LogP contribution in [0.2, 0.25) is 0 Å². The summed E-state index contributed by atoms with van der Waals surface area (Å²) in [6.45, 7) is 4.62. The lowest BCUT2D eigenvalue weighted by Gasteiger charge is -2.14. The predicted octanol–water partition coefficient (Wildman–Crippen LogP) is 2.49. The molecular weight excluding hydrogens is 320 g/mol. The van der Waals surface area contributed by atoms with Crippen LogP contribution in [0.3, 0.4) is 0 Å². The van der Waals surface area contributed by atoms with E-state index >= 15 is 0 Å². The summed E-state index contributed by atoms with van der Waals surface area (Å²) >= 11 is 1.25. The van der Waals surface area contributed by atoms with Crippen LogP contribution in [0, 0.1) is 0 Å². The Balaban J connectivity index is 2.49. The Morgan fingerprint density at radius 3 is 2.61 bits per heavy atom. The third-order valence-electron chi connectivity index (χ3n) is 3.16. The number of amides is 1. The average molecular weight is 338 g/mol. The molecule has 0 saturated heterocycles. The van der Waals surface area contributed by atoms with Gasteiger partial charge in [-0.2, -0.15) is 0 Å². The highest BCUT2D eigenvalue weighted by molar-refractivity contribution is 7.19. The van der Waals surface area contributed by atoms with E-state index in [1.165, 1.54) is 25.2 Å². The normalized spacial score (nSPS) is 15.0. The molecule has 0 unspecified atom stereocenters. The van der Waals surface area contributed by atoms with Crippen molar-refractivity contribution in [3.05, 3.63) is 16.0 Å². The Morgan fingerprint density at radius 2 is 2.00 bits per heavy atom. The van der Waals surface area contributed by atoms with Gasteiger partial charge in [-0.3, -0.25) is 4.79 Å². The molecule has 0 atom stereocenters. The van der Waals surface area contributed by atoms with Gasteiger partial charge in [0.25, 0.3) is 0 Å². The van der Waals surface area contributed by atoms with Crippen molar-refractivity contribution in [2.24, 2.45) is 5.16 Å². The quantitative estimate of drug-likeness (QED) is 0.517. The fourth-order valence-corrected chi connectivity index (χ4v) is 3.65.